The smallest absolute Gasteiger partial charge is 0.123 e. The van der Waals surface area contributed by atoms with E-state index in [1.807, 2.05) is 12.1 Å². The molecule has 1 saturated heterocycles. The molecule has 0 amide bonds. The molecule has 2 nitrogen and oxygen atoms in total. The minimum absolute atomic E-state index is 0.162. The second kappa shape index (κ2) is 4.93. The van der Waals surface area contributed by atoms with Crippen molar-refractivity contribution in [3.05, 3.63) is 35.6 Å². The molecule has 1 N–H and O–H groups in total. The van der Waals surface area contributed by atoms with Crippen LogP contribution in [0.25, 0.3) is 0 Å². The number of hydrogen-bond acceptors (Lipinski definition) is 2. The van der Waals surface area contributed by atoms with Gasteiger partial charge < -0.3 is 5.32 Å². The quantitative estimate of drug-likeness (QED) is 0.823. The maximum Gasteiger partial charge on any atom is 0.123 e. The van der Waals surface area contributed by atoms with Gasteiger partial charge in [-0.15, -0.1) is 0 Å². The normalized spacial score (nSPS) is 26.9. The highest BCUT2D eigenvalue weighted by Gasteiger charge is 2.23. The summed E-state index contributed by atoms with van der Waals surface area (Å²) >= 11 is 0. The minimum Gasteiger partial charge on any atom is -0.311 e. The molecule has 1 aromatic rings. The van der Waals surface area contributed by atoms with Gasteiger partial charge in [-0.05, 0) is 31.5 Å². The average Bonchev–Trinajstić information content (AvgIpc) is 2.28. The molecule has 2 rings (SSSR count). The molecule has 0 bridgehead atoms. The van der Waals surface area contributed by atoms with Crippen molar-refractivity contribution in [3.63, 3.8) is 0 Å². The Hall–Kier alpha value is -0.930. The van der Waals surface area contributed by atoms with E-state index in [0.717, 1.165) is 19.6 Å². The van der Waals surface area contributed by atoms with Gasteiger partial charge in [0.05, 0.1) is 0 Å². The van der Waals surface area contributed by atoms with Gasteiger partial charge in [0.1, 0.15) is 5.82 Å². The topological polar surface area (TPSA) is 15.3 Å². The third-order valence-electron chi connectivity index (χ3n) is 3.46. The Bertz CT molecular complexity index is 336. The molecule has 0 saturated carbocycles. The number of piperazine rings is 1. The fourth-order valence-corrected chi connectivity index (χ4v) is 2.17. The van der Waals surface area contributed by atoms with Crippen LogP contribution in [0.2, 0.25) is 0 Å². The van der Waals surface area contributed by atoms with Crippen LogP contribution in [0.1, 0.15) is 19.4 Å². The lowest BCUT2D eigenvalue weighted by atomic mass is 10.1. The van der Waals surface area contributed by atoms with E-state index in [0.29, 0.717) is 12.1 Å². The standard InChI is InChI=1S/C13H19FN2/c1-10-11(2)16(8-7-15-10)9-12-3-5-13(14)6-4-12/h3-6,10-11,15H,7-9H2,1-2H3/t10-,11+/m0/s1. The molecule has 1 heterocycles. The van der Waals surface area contributed by atoms with Gasteiger partial charge in [0, 0.05) is 31.7 Å². The lowest BCUT2D eigenvalue weighted by molar-refractivity contribution is 0.131. The van der Waals surface area contributed by atoms with Crippen LogP contribution in [0.15, 0.2) is 24.3 Å². The molecule has 1 aliphatic rings. The Labute approximate surface area is 96.5 Å². The zero-order valence-electron chi connectivity index (χ0n) is 9.91. The van der Waals surface area contributed by atoms with Crippen LogP contribution in [0.5, 0.6) is 0 Å². The lowest BCUT2D eigenvalue weighted by Crippen LogP contribution is -2.54. The van der Waals surface area contributed by atoms with E-state index in [1.54, 1.807) is 0 Å². The molecule has 1 fully saturated rings. The number of rotatable bonds is 2. The molecule has 0 aliphatic carbocycles. The summed E-state index contributed by atoms with van der Waals surface area (Å²) in [6.07, 6.45) is 0. The van der Waals surface area contributed by atoms with Gasteiger partial charge in [-0.3, -0.25) is 4.90 Å². The SMILES string of the molecule is C[C@@H]1NCCN(Cc2ccc(F)cc2)[C@@H]1C. The highest BCUT2D eigenvalue weighted by atomic mass is 19.1. The summed E-state index contributed by atoms with van der Waals surface area (Å²) < 4.78 is 12.8. The molecular weight excluding hydrogens is 203 g/mol. The Morgan fingerprint density at radius 2 is 2.00 bits per heavy atom. The predicted molar refractivity (Wildman–Crippen MR) is 63.7 cm³/mol. The summed E-state index contributed by atoms with van der Waals surface area (Å²) in [4.78, 5) is 2.44. The average molecular weight is 222 g/mol. The van der Waals surface area contributed by atoms with Gasteiger partial charge in [-0.25, -0.2) is 4.39 Å². The third-order valence-corrected chi connectivity index (χ3v) is 3.46. The number of nitrogens with zero attached hydrogens (tertiary/aromatic N) is 1. The second-order valence-corrected chi connectivity index (χ2v) is 4.58. The van der Waals surface area contributed by atoms with Crippen LogP contribution in [-0.2, 0) is 6.54 Å². The van der Waals surface area contributed by atoms with Crippen LogP contribution in [0.4, 0.5) is 4.39 Å². The lowest BCUT2D eigenvalue weighted by Gasteiger charge is -2.38. The first-order chi connectivity index (χ1) is 7.66. The highest BCUT2D eigenvalue weighted by Crippen LogP contribution is 2.13. The van der Waals surface area contributed by atoms with Crippen molar-refractivity contribution in [2.24, 2.45) is 0 Å². The van der Waals surface area contributed by atoms with Gasteiger partial charge in [-0.1, -0.05) is 12.1 Å². The van der Waals surface area contributed by atoms with Crippen molar-refractivity contribution in [2.45, 2.75) is 32.5 Å². The van der Waals surface area contributed by atoms with Crippen molar-refractivity contribution < 1.29 is 4.39 Å². The van der Waals surface area contributed by atoms with E-state index in [9.17, 15) is 4.39 Å². The maximum atomic E-state index is 12.8. The molecule has 0 spiro atoms. The Balaban J connectivity index is 2.00. The van der Waals surface area contributed by atoms with E-state index in [1.165, 1.54) is 17.7 Å². The second-order valence-electron chi connectivity index (χ2n) is 4.58. The van der Waals surface area contributed by atoms with Crippen molar-refractivity contribution in [2.75, 3.05) is 13.1 Å². The van der Waals surface area contributed by atoms with Crippen LogP contribution in [-0.4, -0.2) is 30.1 Å². The third kappa shape index (κ3) is 2.60. The van der Waals surface area contributed by atoms with Crippen LogP contribution >= 0.6 is 0 Å². The van der Waals surface area contributed by atoms with Crippen molar-refractivity contribution in [3.8, 4) is 0 Å². The van der Waals surface area contributed by atoms with Gasteiger partial charge >= 0.3 is 0 Å². The summed E-state index contributed by atoms with van der Waals surface area (Å²) in [5, 5.41) is 3.45. The summed E-state index contributed by atoms with van der Waals surface area (Å²) in [6.45, 7) is 7.45. The summed E-state index contributed by atoms with van der Waals surface area (Å²) in [7, 11) is 0. The first-order valence-corrected chi connectivity index (χ1v) is 5.88. The van der Waals surface area contributed by atoms with E-state index >= 15 is 0 Å². The highest BCUT2D eigenvalue weighted by molar-refractivity contribution is 5.16. The number of halogens is 1. The monoisotopic (exact) mass is 222 g/mol. The Morgan fingerprint density at radius 1 is 1.31 bits per heavy atom. The molecule has 0 unspecified atom stereocenters. The van der Waals surface area contributed by atoms with Gasteiger partial charge in [-0.2, -0.15) is 0 Å². The molecule has 16 heavy (non-hydrogen) atoms. The Kier molecular flexibility index (Phi) is 3.56. The number of hydrogen-bond donors (Lipinski definition) is 1. The van der Waals surface area contributed by atoms with E-state index in [4.69, 9.17) is 0 Å². The first kappa shape index (κ1) is 11.6. The minimum atomic E-state index is -0.162. The Morgan fingerprint density at radius 3 is 2.69 bits per heavy atom. The van der Waals surface area contributed by atoms with Gasteiger partial charge in [0.15, 0.2) is 0 Å². The van der Waals surface area contributed by atoms with Crippen molar-refractivity contribution >= 4 is 0 Å². The summed E-state index contributed by atoms with van der Waals surface area (Å²) in [5.74, 6) is -0.162. The molecule has 3 heteroatoms. The van der Waals surface area contributed by atoms with Crippen LogP contribution < -0.4 is 5.32 Å². The first-order valence-electron chi connectivity index (χ1n) is 5.88. The summed E-state index contributed by atoms with van der Waals surface area (Å²) in [5.41, 5.74) is 1.18. The predicted octanol–water partition coefficient (Wildman–Crippen LogP) is 2.01. The van der Waals surface area contributed by atoms with Crippen molar-refractivity contribution in [1.29, 1.82) is 0 Å². The fourth-order valence-electron chi connectivity index (χ4n) is 2.17. The molecule has 2 atom stereocenters. The van der Waals surface area contributed by atoms with E-state index < -0.39 is 0 Å². The van der Waals surface area contributed by atoms with Crippen LogP contribution in [0, 0.1) is 5.82 Å². The molecule has 0 aromatic heterocycles. The molecule has 1 aromatic carbocycles. The van der Waals surface area contributed by atoms with Gasteiger partial charge in [0.25, 0.3) is 0 Å². The zero-order chi connectivity index (χ0) is 11.5. The van der Waals surface area contributed by atoms with Crippen LogP contribution in [0.3, 0.4) is 0 Å². The molecule has 0 radical (unpaired) electrons. The number of nitrogens with one attached hydrogen (secondary N) is 1. The maximum absolute atomic E-state index is 12.8. The molecule has 1 aliphatic heterocycles. The van der Waals surface area contributed by atoms with E-state index in [2.05, 4.69) is 24.1 Å². The molecular formula is C13H19FN2. The van der Waals surface area contributed by atoms with Crippen molar-refractivity contribution in [1.82, 2.24) is 10.2 Å². The zero-order valence-corrected chi connectivity index (χ0v) is 9.91. The fraction of sp³-hybridized carbons (Fsp3) is 0.538. The largest absolute Gasteiger partial charge is 0.311 e. The summed E-state index contributed by atoms with van der Waals surface area (Å²) in [6, 6.07) is 7.86. The van der Waals surface area contributed by atoms with E-state index in [-0.39, 0.29) is 5.82 Å². The van der Waals surface area contributed by atoms with Gasteiger partial charge in [0.2, 0.25) is 0 Å². The molecule has 88 valence electrons. The number of benzene rings is 1.